The smallest absolute Gasteiger partial charge is 0.124 e. The number of aromatic hydroxyl groups is 1. The van der Waals surface area contributed by atoms with Crippen LogP contribution in [0.25, 0.3) is 94.8 Å². The minimum absolute atomic E-state index is 0.0401. The van der Waals surface area contributed by atoms with E-state index in [0.29, 0.717) is 5.56 Å². The van der Waals surface area contributed by atoms with Crippen molar-refractivity contribution in [2.75, 3.05) is 0 Å². The number of nitrogens with zero attached hydrogens (tertiary/aromatic N) is 3. The summed E-state index contributed by atoms with van der Waals surface area (Å²) in [6.45, 7) is 13.6. The lowest BCUT2D eigenvalue weighted by Crippen LogP contribution is -2.16. The summed E-state index contributed by atoms with van der Waals surface area (Å²) < 4.78 is 2.37. The number of fused-ring (bicyclic) bond motifs is 3. The fourth-order valence-corrected chi connectivity index (χ4v) is 8.77. The molecular weight excluding hydrogens is 779 g/mol. The van der Waals surface area contributed by atoms with Crippen molar-refractivity contribution in [1.29, 1.82) is 0 Å². The molecule has 0 aliphatic rings. The third-order valence-electron chi connectivity index (χ3n) is 12.4. The van der Waals surface area contributed by atoms with Crippen LogP contribution in [-0.2, 0) is 10.8 Å². The maximum Gasteiger partial charge on any atom is 0.124 e. The summed E-state index contributed by atoms with van der Waals surface area (Å²) in [7, 11) is 0. The first-order chi connectivity index (χ1) is 30.9. The third kappa shape index (κ3) is 7.77. The number of hydrogen-bond acceptors (Lipinski definition) is 3. The van der Waals surface area contributed by atoms with E-state index in [1.54, 1.807) is 6.07 Å². The Kier molecular flexibility index (Phi) is 10.1. The van der Waals surface area contributed by atoms with Crippen molar-refractivity contribution in [2.24, 2.45) is 0 Å². The van der Waals surface area contributed by atoms with E-state index in [0.717, 1.165) is 61.8 Å². The van der Waals surface area contributed by atoms with Gasteiger partial charge in [-0.15, -0.1) is 0 Å². The van der Waals surface area contributed by atoms with Gasteiger partial charge in [-0.1, -0.05) is 169 Å². The van der Waals surface area contributed by atoms with Crippen LogP contribution in [0.1, 0.15) is 52.7 Å². The standard InChI is InChI=1S/C60H51N3O/c1-59(2,3)46-33-44(34-47(38-46)60(4,5)6)45-35-54(62-55(36-45)51-21-11-13-25-58(51)64)42-19-14-18-41(32-42)52-22-15-23-53(61-52)43-28-31-50-49-20-10-12-24-56(49)63(57(50)37-43)48-29-26-40(27-30-48)39-16-8-7-9-17-39/h7-38,64H,1-6H3. The summed E-state index contributed by atoms with van der Waals surface area (Å²) in [6, 6.07) is 68.2. The quantitative estimate of drug-likeness (QED) is 0.174. The summed E-state index contributed by atoms with van der Waals surface area (Å²) in [5, 5.41) is 13.5. The number of para-hydroxylation sites is 2. The largest absolute Gasteiger partial charge is 0.507 e. The maximum absolute atomic E-state index is 11.1. The first-order valence-corrected chi connectivity index (χ1v) is 22.1. The van der Waals surface area contributed by atoms with Crippen LogP contribution in [0.3, 0.4) is 0 Å². The monoisotopic (exact) mass is 829 g/mol. The van der Waals surface area contributed by atoms with Gasteiger partial charge in [0, 0.05) is 38.7 Å². The average Bonchev–Trinajstić information content (AvgIpc) is 3.65. The molecule has 4 heteroatoms. The highest BCUT2D eigenvalue weighted by atomic mass is 16.3. The molecule has 4 nitrogen and oxygen atoms in total. The van der Waals surface area contributed by atoms with E-state index in [1.165, 1.54) is 38.5 Å². The van der Waals surface area contributed by atoms with Gasteiger partial charge in [0.05, 0.1) is 33.8 Å². The number of phenolic OH excluding ortho intramolecular Hbond substituents is 1. The van der Waals surface area contributed by atoms with E-state index in [9.17, 15) is 5.11 Å². The van der Waals surface area contributed by atoms with Crippen molar-refractivity contribution in [3.05, 3.63) is 205 Å². The van der Waals surface area contributed by atoms with Crippen LogP contribution in [-0.4, -0.2) is 19.6 Å². The molecule has 0 fully saturated rings. The number of benzene rings is 7. The van der Waals surface area contributed by atoms with Crippen LogP contribution in [0.4, 0.5) is 0 Å². The van der Waals surface area contributed by atoms with Gasteiger partial charge in [0.15, 0.2) is 0 Å². The maximum atomic E-state index is 11.1. The van der Waals surface area contributed by atoms with Crippen LogP contribution in [0, 0.1) is 0 Å². The molecule has 0 aliphatic carbocycles. The Morgan fingerprint density at radius 2 is 0.875 bits per heavy atom. The Morgan fingerprint density at radius 1 is 0.359 bits per heavy atom. The molecule has 0 amide bonds. The third-order valence-corrected chi connectivity index (χ3v) is 12.4. The lowest BCUT2D eigenvalue weighted by Gasteiger charge is -2.26. The average molecular weight is 830 g/mol. The zero-order chi connectivity index (χ0) is 44.2. The molecule has 10 aromatic rings. The van der Waals surface area contributed by atoms with Gasteiger partial charge in [-0.2, -0.15) is 0 Å². The number of rotatable bonds is 7. The van der Waals surface area contributed by atoms with E-state index in [-0.39, 0.29) is 16.6 Å². The van der Waals surface area contributed by atoms with Gasteiger partial charge in [0.2, 0.25) is 0 Å². The summed E-state index contributed by atoms with van der Waals surface area (Å²) in [5.74, 6) is 0.200. The summed E-state index contributed by atoms with van der Waals surface area (Å²) in [6.07, 6.45) is 0. The second kappa shape index (κ2) is 16.0. The molecular formula is C60H51N3O. The van der Waals surface area contributed by atoms with Crippen molar-refractivity contribution in [1.82, 2.24) is 14.5 Å². The van der Waals surface area contributed by atoms with E-state index in [2.05, 4.69) is 216 Å². The molecule has 0 saturated carbocycles. The van der Waals surface area contributed by atoms with E-state index in [1.807, 2.05) is 18.2 Å². The number of aromatic nitrogens is 3. The molecule has 0 atom stereocenters. The number of hydrogen-bond donors (Lipinski definition) is 1. The Labute approximate surface area is 376 Å². The Balaban J connectivity index is 1.05. The lowest BCUT2D eigenvalue weighted by molar-refractivity contribution is 0.477. The minimum atomic E-state index is -0.0401. The molecule has 3 heterocycles. The second-order valence-electron chi connectivity index (χ2n) is 18.9. The van der Waals surface area contributed by atoms with Gasteiger partial charge in [-0.25, -0.2) is 9.97 Å². The fraction of sp³-hybridized carbons (Fsp3) is 0.133. The first-order valence-electron chi connectivity index (χ1n) is 22.1. The van der Waals surface area contributed by atoms with Crippen molar-refractivity contribution >= 4 is 21.8 Å². The van der Waals surface area contributed by atoms with Crippen LogP contribution in [0.15, 0.2) is 194 Å². The first kappa shape index (κ1) is 40.5. The Morgan fingerprint density at radius 3 is 1.58 bits per heavy atom. The molecule has 64 heavy (non-hydrogen) atoms. The molecule has 312 valence electrons. The molecule has 0 bridgehead atoms. The highest BCUT2D eigenvalue weighted by molar-refractivity contribution is 6.10. The van der Waals surface area contributed by atoms with Crippen LogP contribution < -0.4 is 0 Å². The van der Waals surface area contributed by atoms with Gasteiger partial charge < -0.3 is 9.67 Å². The van der Waals surface area contributed by atoms with Gasteiger partial charge in [0.1, 0.15) is 5.75 Å². The minimum Gasteiger partial charge on any atom is -0.507 e. The predicted molar refractivity (Wildman–Crippen MR) is 268 cm³/mol. The van der Waals surface area contributed by atoms with Crippen LogP contribution in [0.5, 0.6) is 5.75 Å². The molecule has 0 spiro atoms. The van der Waals surface area contributed by atoms with Crippen molar-refractivity contribution in [3.8, 4) is 78.7 Å². The molecule has 0 radical (unpaired) electrons. The van der Waals surface area contributed by atoms with Gasteiger partial charge in [-0.05, 0) is 111 Å². The summed E-state index contributed by atoms with van der Waals surface area (Å²) >= 11 is 0. The van der Waals surface area contributed by atoms with Crippen LogP contribution >= 0.6 is 0 Å². The SMILES string of the molecule is CC(C)(C)c1cc(-c2cc(-c3cccc(-c4cccc(-c5ccc6c7ccccc7n(-c7ccc(-c8ccccc8)cc7)c6c5)n4)c3)nc(-c3ccccc3O)c2)cc(C(C)(C)C)c1. The highest BCUT2D eigenvalue weighted by Crippen LogP contribution is 2.40. The highest BCUT2D eigenvalue weighted by Gasteiger charge is 2.22. The molecule has 3 aromatic heterocycles. The van der Waals surface area contributed by atoms with Crippen molar-refractivity contribution < 1.29 is 5.11 Å². The van der Waals surface area contributed by atoms with Gasteiger partial charge in [0.25, 0.3) is 0 Å². The number of pyridine rings is 2. The Bertz CT molecular complexity index is 3310. The van der Waals surface area contributed by atoms with Crippen molar-refractivity contribution in [3.63, 3.8) is 0 Å². The van der Waals surface area contributed by atoms with Gasteiger partial charge in [-0.3, -0.25) is 0 Å². The molecule has 0 aliphatic heterocycles. The zero-order valence-electron chi connectivity index (χ0n) is 37.3. The lowest BCUT2D eigenvalue weighted by atomic mass is 9.79. The molecule has 0 unspecified atom stereocenters. The molecule has 1 N–H and O–H groups in total. The van der Waals surface area contributed by atoms with E-state index in [4.69, 9.17) is 9.97 Å². The topological polar surface area (TPSA) is 50.9 Å². The van der Waals surface area contributed by atoms with Crippen LogP contribution in [0.2, 0.25) is 0 Å². The normalized spacial score (nSPS) is 12.0. The van der Waals surface area contributed by atoms with Crippen molar-refractivity contribution in [2.45, 2.75) is 52.4 Å². The summed E-state index contributed by atoms with van der Waals surface area (Å²) in [4.78, 5) is 10.5. The fourth-order valence-electron chi connectivity index (χ4n) is 8.77. The molecule has 7 aromatic carbocycles. The zero-order valence-corrected chi connectivity index (χ0v) is 37.3. The van der Waals surface area contributed by atoms with E-state index >= 15 is 0 Å². The Hall–Kier alpha value is -7.56. The van der Waals surface area contributed by atoms with E-state index < -0.39 is 0 Å². The van der Waals surface area contributed by atoms with Gasteiger partial charge >= 0.3 is 0 Å². The second-order valence-corrected chi connectivity index (χ2v) is 18.9. The summed E-state index contributed by atoms with van der Waals surface area (Å²) in [5.41, 5.74) is 17.5. The molecule has 10 rings (SSSR count). The molecule has 0 saturated heterocycles. The predicted octanol–water partition coefficient (Wildman–Crippen LogP) is 15.9. The number of phenols is 1.